The van der Waals surface area contributed by atoms with E-state index in [1.165, 1.54) is 5.69 Å². The van der Waals surface area contributed by atoms with Gasteiger partial charge in [0, 0.05) is 50.5 Å². The lowest BCUT2D eigenvalue weighted by molar-refractivity contribution is 0.0949. The van der Waals surface area contributed by atoms with Crippen LogP contribution in [-0.2, 0) is 0 Å². The van der Waals surface area contributed by atoms with Crippen LogP contribution in [0.15, 0.2) is 71.3 Å². The van der Waals surface area contributed by atoms with E-state index in [1.54, 1.807) is 0 Å². The Morgan fingerprint density at radius 3 is 2.42 bits per heavy atom. The van der Waals surface area contributed by atoms with E-state index in [-0.39, 0.29) is 5.91 Å². The first-order valence-corrected chi connectivity index (χ1v) is 11.3. The number of para-hydroxylation sites is 1. The van der Waals surface area contributed by atoms with Gasteiger partial charge >= 0.3 is 0 Å². The van der Waals surface area contributed by atoms with Crippen LogP contribution >= 0.6 is 0 Å². The Morgan fingerprint density at radius 1 is 1.00 bits per heavy atom. The van der Waals surface area contributed by atoms with E-state index in [9.17, 15) is 4.79 Å². The molecule has 0 aliphatic carbocycles. The molecule has 0 bridgehead atoms. The average Bonchev–Trinajstić information content (AvgIpc) is 3.25. The standard InChI is InChI=1S/C26H27N5O2/c1-19-24-22(18-23(28-26(24)33-29-19)20-8-4-2-5-9-20)25(32)27-12-13-30-14-16-31(17-15-30)21-10-6-3-7-11-21/h2-11,18H,12-17H2,1H3,(H,27,32). The second-order valence-electron chi connectivity index (χ2n) is 8.29. The number of nitrogens with zero attached hydrogens (tertiary/aromatic N) is 4. The minimum absolute atomic E-state index is 0.131. The highest BCUT2D eigenvalue weighted by atomic mass is 16.5. The third-order valence-electron chi connectivity index (χ3n) is 6.14. The number of nitrogens with one attached hydrogen (secondary N) is 1. The summed E-state index contributed by atoms with van der Waals surface area (Å²) in [7, 11) is 0. The maximum absolute atomic E-state index is 13.1. The molecule has 0 spiro atoms. The van der Waals surface area contributed by atoms with Gasteiger partial charge < -0.3 is 14.7 Å². The van der Waals surface area contributed by atoms with Crippen molar-refractivity contribution in [1.82, 2.24) is 20.4 Å². The largest absolute Gasteiger partial charge is 0.369 e. The molecule has 33 heavy (non-hydrogen) atoms. The highest BCUT2D eigenvalue weighted by Gasteiger charge is 2.20. The summed E-state index contributed by atoms with van der Waals surface area (Å²) in [6.45, 7) is 7.17. The molecule has 0 saturated carbocycles. The number of hydrogen-bond acceptors (Lipinski definition) is 6. The number of anilines is 1. The Morgan fingerprint density at radius 2 is 1.70 bits per heavy atom. The highest BCUT2D eigenvalue weighted by Crippen LogP contribution is 2.27. The Bertz CT molecular complexity index is 1230. The van der Waals surface area contributed by atoms with E-state index in [0.717, 1.165) is 38.3 Å². The fourth-order valence-corrected chi connectivity index (χ4v) is 4.32. The molecule has 1 amide bonds. The molecule has 1 fully saturated rings. The smallest absolute Gasteiger partial charge is 0.259 e. The highest BCUT2D eigenvalue weighted by molar-refractivity contribution is 6.07. The number of hydrogen-bond donors (Lipinski definition) is 1. The molecule has 1 aliphatic rings. The zero-order valence-corrected chi connectivity index (χ0v) is 18.7. The zero-order chi connectivity index (χ0) is 22.6. The van der Waals surface area contributed by atoms with Crippen LogP contribution in [0.25, 0.3) is 22.4 Å². The van der Waals surface area contributed by atoms with Crippen molar-refractivity contribution in [2.45, 2.75) is 6.92 Å². The Balaban J connectivity index is 1.23. The van der Waals surface area contributed by atoms with Gasteiger partial charge in [-0.2, -0.15) is 0 Å². The summed E-state index contributed by atoms with van der Waals surface area (Å²) in [5.74, 6) is -0.131. The van der Waals surface area contributed by atoms with E-state index < -0.39 is 0 Å². The Labute approximate surface area is 193 Å². The summed E-state index contributed by atoms with van der Waals surface area (Å²) < 4.78 is 5.39. The van der Waals surface area contributed by atoms with E-state index in [2.05, 4.69) is 49.5 Å². The van der Waals surface area contributed by atoms with Crippen molar-refractivity contribution in [3.8, 4) is 11.3 Å². The van der Waals surface area contributed by atoms with Crippen LogP contribution in [-0.4, -0.2) is 60.2 Å². The predicted molar refractivity (Wildman–Crippen MR) is 129 cm³/mol. The second-order valence-corrected chi connectivity index (χ2v) is 8.29. The molecule has 3 heterocycles. The van der Waals surface area contributed by atoms with Crippen molar-refractivity contribution < 1.29 is 9.32 Å². The zero-order valence-electron chi connectivity index (χ0n) is 18.7. The summed E-state index contributed by atoms with van der Waals surface area (Å²) in [6.07, 6.45) is 0. The molecule has 1 aliphatic heterocycles. The minimum Gasteiger partial charge on any atom is -0.369 e. The molecule has 4 aromatic rings. The van der Waals surface area contributed by atoms with Gasteiger partial charge in [-0.05, 0) is 25.1 Å². The fraction of sp³-hybridized carbons (Fsp3) is 0.269. The Kier molecular flexibility index (Phi) is 6.04. The van der Waals surface area contributed by atoms with E-state index in [1.807, 2.05) is 49.4 Å². The van der Waals surface area contributed by atoms with E-state index >= 15 is 0 Å². The van der Waals surface area contributed by atoms with Crippen molar-refractivity contribution >= 4 is 22.7 Å². The topological polar surface area (TPSA) is 74.5 Å². The predicted octanol–water partition coefficient (Wildman–Crippen LogP) is 3.75. The van der Waals surface area contributed by atoms with Crippen LogP contribution in [0.2, 0.25) is 0 Å². The third-order valence-corrected chi connectivity index (χ3v) is 6.14. The molecule has 0 radical (unpaired) electrons. The van der Waals surface area contributed by atoms with Gasteiger partial charge in [0.05, 0.1) is 22.3 Å². The molecule has 2 aromatic carbocycles. The van der Waals surface area contributed by atoms with Gasteiger partial charge in [0.2, 0.25) is 0 Å². The number of carbonyl (C=O) groups is 1. The van der Waals surface area contributed by atoms with Gasteiger partial charge in [0.15, 0.2) is 0 Å². The summed E-state index contributed by atoms with van der Waals surface area (Å²) in [6, 6.07) is 22.1. The number of pyridine rings is 1. The summed E-state index contributed by atoms with van der Waals surface area (Å²) in [4.78, 5) is 22.5. The maximum Gasteiger partial charge on any atom is 0.259 e. The van der Waals surface area contributed by atoms with Gasteiger partial charge in [-0.15, -0.1) is 0 Å². The monoisotopic (exact) mass is 441 g/mol. The molecule has 0 atom stereocenters. The molecule has 7 nitrogen and oxygen atoms in total. The molecular formula is C26H27N5O2. The lowest BCUT2D eigenvalue weighted by Crippen LogP contribution is -2.48. The molecule has 7 heteroatoms. The van der Waals surface area contributed by atoms with Gasteiger partial charge in [0.1, 0.15) is 0 Å². The molecular weight excluding hydrogens is 414 g/mol. The Hall–Kier alpha value is -3.71. The number of aromatic nitrogens is 2. The molecule has 168 valence electrons. The molecule has 2 aromatic heterocycles. The fourth-order valence-electron chi connectivity index (χ4n) is 4.32. The normalized spacial score (nSPS) is 14.5. The summed E-state index contributed by atoms with van der Waals surface area (Å²) >= 11 is 0. The lowest BCUT2D eigenvalue weighted by atomic mass is 10.1. The van der Waals surface area contributed by atoms with Crippen molar-refractivity contribution in [3.05, 3.63) is 78.0 Å². The van der Waals surface area contributed by atoms with E-state index in [4.69, 9.17) is 4.52 Å². The number of fused-ring (bicyclic) bond motifs is 1. The number of carbonyl (C=O) groups excluding carboxylic acids is 1. The number of amides is 1. The van der Waals surface area contributed by atoms with Crippen LogP contribution in [0.5, 0.6) is 0 Å². The van der Waals surface area contributed by atoms with Gasteiger partial charge in [-0.3, -0.25) is 9.69 Å². The first kappa shape index (κ1) is 21.2. The SMILES string of the molecule is Cc1noc2nc(-c3ccccc3)cc(C(=O)NCCN3CCN(c4ccccc4)CC3)c12. The maximum atomic E-state index is 13.1. The molecule has 1 saturated heterocycles. The lowest BCUT2D eigenvalue weighted by Gasteiger charge is -2.36. The average molecular weight is 442 g/mol. The molecule has 5 rings (SSSR count). The number of rotatable bonds is 6. The first-order chi connectivity index (χ1) is 16.2. The third kappa shape index (κ3) is 4.59. The quantitative estimate of drug-likeness (QED) is 0.491. The van der Waals surface area contributed by atoms with Crippen LogP contribution in [0.1, 0.15) is 16.1 Å². The second kappa shape index (κ2) is 9.42. The van der Waals surface area contributed by atoms with Gasteiger partial charge in [-0.25, -0.2) is 4.98 Å². The van der Waals surface area contributed by atoms with Crippen molar-refractivity contribution in [3.63, 3.8) is 0 Å². The molecule has 0 unspecified atom stereocenters. The van der Waals surface area contributed by atoms with Crippen molar-refractivity contribution in [2.24, 2.45) is 0 Å². The first-order valence-electron chi connectivity index (χ1n) is 11.3. The number of benzene rings is 2. The van der Waals surface area contributed by atoms with Gasteiger partial charge in [-0.1, -0.05) is 53.7 Å². The molecule has 1 N–H and O–H groups in total. The van der Waals surface area contributed by atoms with Crippen LogP contribution < -0.4 is 10.2 Å². The van der Waals surface area contributed by atoms with Crippen LogP contribution in [0.3, 0.4) is 0 Å². The summed E-state index contributed by atoms with van der Waals surface area (Å²) in [5.41, 5.74) is 4.49. The van der Waals surface area contributed by atoms with Crippen molar-refractivity contribution in [2.75, 3.05) is 44.2 Å². The van der Waals surface area contributed by atoms with Gasteiger partial charge in [0.25, 0.3) is 11.6 Å². The number of aryl methyl sites for hydroxylation is 1. The van der Waals surface area contributed by atoms with Crippen molar-refractivity contribution in [1.29, 1.82) is 0 Å². The summed E-state index contributed by atoms with van der Waals surface area (Å²) in [5, 5.41) is 7.78. The van der Waals surface area contributed by atoms with Crippen LogP contribution in [0, 0.1) is 6.92 Å². The van der Waals surface area contributed by atoms with E-state index in [0.29, 0.717) is 34.6 Å². The minimum atomic E-state index is -0.131. The number of piperazine rings is 1. The van der Waals surface area contributed by atoms with Crippen LogP contribution in [0.4, 0.5) is 5.69 Å².